The molecule has 0 radical (unpaired) electrons. The Kier molecular flexibility index (Phi) is 8.02. The van der Waals surface area contributed by atoms with E-state index in [-0.39, 0.29) is 18.5 Å². The lowest BCUT2D eigenvalue weighted by molar-refractivity contribution is -0.116. The summed E-state index contributed by atoms with van der Waals surface area (Å²) >= 11 is 0. The third-order valence-corrected chi connectivity index (χ3v) is 5.24. The van der Waals surface area contributed by atoms with Crippen LogP contribution in [0, 0.1) is 20.8 Å². The Morgan fingerprint density at radius 2 is 1.84 bits per heavy atom. The summed E-state index contributed by atoms with van der Waals surface area (Å²) in [4.78, 5) is 29.4. The second-order valence-electron chi connectivity index (χ2n) is 7.80. The molecule has 9 heteroatoms. The Bertz CT molecular complexity index is 872. The van der Waals surface area contributed by atoms with E-state index >= 15 is 0 Å². The molecule has 0 saturated carbocycles. The number of para-hydroxylation sites is 1. The number of benzene rings is 1. The van der Waals surface area contributed by atoms with E-state index in [1.54, 1.807) is 13.0 Å². The molecule has 31 heavy (non-hydrogen) atoms. The van der Waals surface area contributed by atoms with Gasteiger partial charge in [0.2, 0.25) is 5.91 Å². The molecule has 1 aromatic carbocycles. The number of anilines is 2. The number of nitrogens with one attached hydrogen (secondary N) is 2. The second kappa shape index (κ2) is 10.9. The first-order chi connectivity index (χ1) is 14.9. The zero-order valence-corrected chi connectivity index (χ0v) is 18.4. The van der Waals surface area contributed by atoms with Crippen LogP contribution in [0.4, 0.5) is 16.3 Å². The molecule has 1 aliphatic rings. The average Bonchev–Trinajstić information content (AvgIpc) is 3.15. The molecule has 168 valence electrons. The largest absolute Gasteiger partial charge is 0.379 e. The minimum atomic E-state index is -0.323. The lowest BCUT2D eigenvalue weighted by Gasteiger charge is -2.28. The van der Waals surface area contributed by atoms with Crippen LogP contribution in [0.15, 0.2) is 28.8 Å². The molecule has 1 aromatic heterocycles. The van der Waals surface area contributed by atoms with E-state index < -0.39 is 0 Å². The van der Waals surface area contributed by atoms with E-state index in [0.29, 0.717) is 18.1 Å². The highest BCUT2D eigenvalue weighted by molar-refractivity contribution is 5.97. The van der Waals surface area contributed by atoms with Crippen LogP contribution in [-0.2, 0) is 9.53 Å². The zero-order chi connectivity index (χ0) is 22.2. The number of carbonyl (C=O) groups excluding carboxylic acids is 2. The third-order valence-electron chi connectivity index (χ3n) is 5.24. The number of nitrogens with zero attached hydrogens (tertiary/aromatic N) is 3. The smallest absolute Gasteiger partial charge is 0.322 e. The van der Waals surface area contributed by atoms with E-state index in [1.165, 1.54) is 4.90 Å². The number of hydrogen-bond acceptors (Lipinski definition) is 6. The molecule has 0 aliphatic carbocycles. The van der Waals surface area contributed by atoms with Crippen molar-refractivity contribution < 1.29 is 18.8 Å². The zero-order valence-electron chi connectivity index (χ0n) is 18.4. The van der Waals surface area contributed by atoms with Gasteiger partial charge in [-0.3, -0.25) is 9.69 Å². The molecule has 3 rings (SSSR count). The molecule has 2 heterocycles. The van der Waals surface area contributed by atoms with Gasteiger partial charge in [0.05, 0.1) is 13.2 Å². The van der Waals surface area contributed by atoms with E-state index in [4.69, 9.17) is 9.26 Å². The molecule has 3 amide bonds. The van der Waals surface area contributed by atoms with Gasteiger partial charge in [-0.15, -0.1) is 0 Å². The first kappa shape index (κ1) is 22.8. The fourth-order valence-corrected chi connectivity index (χ4v) is 3.54. The van der Waals surface area contributed by atoms with Crippen LogP contribution >= 0.6 is 0 Å². The van der Waals surface area contributed by atoms with Crippen molar-refractivity contribution in [3.8, 4) is 0 Å². The SMILES string of the molecule is Cc1cc(NC(=O)CN(CCCN2CCOCC2)C(=O)Nc2c(C)cccc2C)no1. The second-order valence-corrected chi connectivity index (χ2v) is 7.80. The van der Waals surface area contributed by atoms with Gasteiger partial charge in [0.1, 0.15) is 12.3 Å². The number of aryl methyl sites for hydroxylation is 3. The first-order valence-electron chi connectivity index (χ1n) is 10.6. The summed E-state index contributed by atoms with van der Waals surface area (Å²) in [5.41, 5.74) is 2.73. The number of rotatable bonds is 8. The van der Waals surface area contributed by atoms with Crippen molar-refractivity contribution in [2.24, 2.45) is 0 Å². The minimum absolute atomic E-state index is 0.0776. The standard InChI is InChI=1S/C22H31N5O4/c1-16-6-4-7-17(2)21(16)24-22(29)27(9-5-8-26-10-12-30-13-11-26)15-20(28)23-19-14-18(3)31-25-19/h4,6-7,14H,5,8-13,15H2,1-3H3,(H,24,29)(H,23,25,28). The van der Waals surface area contributed by atoms with Gasteiger partial charge in [-0.25, -0.2) is 4.79 Å². The van der Waals surface area contributed by atoms with Crippen LogP contribution in [0.25, 0.3) is 0 Å². The lowest BCUT2D eigenvalue weighted by atomic mass is 10.1. The van der Waals surface area contributed by atoms with Crippen molar-refractivity contribution in [1.29, 1.82) is 0 Å². The average molecular weight is 430 g/mol. The Morgan fingerprint density at radius 3 is 2.48 bits per heavy atom. The normalized spacial score (nSPS) is 14.3. The molecule has 0 unspecified atom stereocenters. The summed E-state index contributed by atoms with van der Waals surface area (Å²) in [6, 6.07) is 7.19. The molecular formula is C22H31N5O4. The van der Waals surface area contributed by atoms with E-state index in [9.17, 15) is 9.59 Å². The van der Waals surface area contributed by atoms with Gasteiger partial charge >= 0.3 is 6.03 Å². The molecule has 1 fully saturated rings. The summed E-state index contributed by atoms with van der Waals surface area (Å²) in [7, 11) is 0. The fourth-order valence-electron chi connectivity index (χ4n) is 3.54. The Balaban J connectivity index is 1.63. The number of urea groups is 1. The first-order valence-corrected chi connectivity index (χ1v) is 10.6. The summed E-state index contributed by atoms with van der Waals surface area (Å²) in [6.07, 6.45) is 0.760. The number of aromatic nitrogens is 1. The van der Waals surface area contributed by atoms with Crippen molar-refractivity contribution in [2.75, 3.05) is 56.6 Å². The van der Waals surface area contributed by atoms with Gasteiger partial charge in [-0.05, 0) is 38.3 Å². The molecular weight excluding hydrogens is 398 g/mol. The highest BCUT2D eigenvalue weighted by Gasteiger charge is 2.20. The predicted molar refractivity (Wildman–Crippen MR) is 118 cm³/mol. The highest BCUT2D eigenvalue weighted by Crippen LogP contribution is 2.20. The van der Waals surface area contributed by atoms with Crippen molar-refractivity contribution >= 4 is 23.4 Å². The maximum atomic E-state index is 13.1. The molecule has 9 nitrogen and oxygen atoms in total. The van der Waals surface area contributed by atoms with Gasteiger partial charge < -0.3 is 24.8 Å². The quantitative estimate of drug-likeness (QED) is 0.669. The van der Waals surface area contributed by atoms with Crippen LogP contribution in [0.1, 0.15) is 23.3 Å². The van der Waals surface area contributed by atoms with Crippen molar-refractivity contribution in [3.63, 3.8) is 0 Å². The maximum absolute atomic E-state index is 13.1. The Labute approximate surface area is 182 Å². The van der Waals surface area contributed by atoms with Gasteiger partial charge in [-0.2, -0.15) is 0 Å². The Hall–Kier alpha value is -2.91. The molecule has 1 saturated heterocycles. The van der Waals surface area contributed by atoms with E-state index in [2.05, 4.69) is 20.7 Å². The summed E-state index contributed by atoms with van der Waals surface area (Å²) in [5.74, 6) is 0.618. The minimum Gasteiger partial charge on any atom is -0.379 e. The molecule has 0 bridgehead atoms. The topological polar surface area (TPSA) is 99.9 Å². The highest BCUT2D eigenvalue weighted by atomic mass is 16.5. The maximum Gasteiger partial charge on any atom is 0.322 e. The predicted octanol–water partition coefficient (Wildman–Crippen LogP) is 2.79. The molecule has 0 atom stereocenters. The van der Waals surface area contributed by atoms with Gasteiger partial charge in [0.25, 0.3) is 0 Å². The van der Waals surface area contributed by atoms with E-state index in [0.717, 1.165) is 56.1 Å². The fraction of sp³-hybridized carbons (Fsp3) is 0.500. The lowest BCUT2D eigenvalue weighted by Crippen LogP contribution is -2.43. The molecule has 2 aromatic rings. The van der Waals surface area contributed by atoms with Crippen LogP contribution < -0.4 is 10.6 Å². The third kappa shape index (κ3) is 6.80. The van der Waals surface area contributed by atoms with Crippen LogP contribution in [0.5, 0.6) is 0 Å². The summed E-state index contributed by atoms with van der Waals surface area (Å²) < 4.78 is 10.4. The van der Waals surface area contributed by atoms with Crippen LogP contribution in [0.3, 0.4) is 0 Å². The van der Waals surface area contributed by atoms with Crippen molar-refractivity contribution in [3.05, 3.63) is 41.2 Å². The molecule has 2 N–H and O–H groups in total. The van der Waals surface area contributed by atoms with Crippen LogP contribution in [0.2, 0.25) is 0 Å². The number of carbonyl (C=O) groups is 2. The number of hydrogen-bond donors (Lipinski definition) is 2. The van der Waals surface area contributed by atoms with Gasteiger partial charge in [0, 0.05) is 37.9 Å². The van der Waals surface area contributed by atoms with Gasteiger partial charge in [0.15, 0.2) is 5.82 Å². The monoisotopic (exact) mass is 429 g/mol. The Morgan fingerprint density at radius 1 is 1.13 bits per heavy atom. The molecule has 0 spiro atoms. The van der Waals surface area contributed by atoms with E-state index in [1.807, 2.05) is 32.0 Å². The number of amides is 3. The number of morpholine rings is 1. The van der Waals surface area contributed by atoms with Crippen molar-refractivity contribution in [2.45, 2.75) is 27.2 Å². The van der Waals surface area contributed by atoms with Crippen LogP contribution in [-0.4, -0.2) is 72.8 Å². The number of ether oxygens (including phenoxy) is 1. The summed E-state index contributed by atoms with van der Waals surface area (Å²) in [6.45, 7) is 10.1. The summed E-state index contributed by atoms with van der Waals surface area (Å²) in [5, 5.41) is 9.44. The van der Waals surface area contributed by atoms with Crippen molar-refractivity contribution in [1.82, 2.24) is 15.0 Å². The molecule has 1 aliphatic heterocycles. The van der Waals surface area contributed by atoms with Gasteiger partial charge in [-0.1, -0.05) is 23.4 Å².